The van der Waals surface area contributed by atoms with Crippen LogP contribution in [0.1, 0.15) is 40.0 Å². The Bertz CT molecular complexity index is 125. The predicted molar refractivity (Wildman–Crippen MR) is 57.8 cm³/mol. The lowest BCUT2D eigenvalue weighted by Crippen LogP contribution is -2.26. The monoisotopic (exact) mass is 187 g/mol. The van der Waals surface area contributed by atoms with Crippen molar-refractivity contribution in [3.63, 3.8) is 0 Å². The van der Waals surface area contributed by atoms with Crippen molar-refractivity contribution in [3.8, 4) is 0 Å². The normalized spacial score (nSPS) is 30.0. The molecule has 0 spiro atoms. The van der Waals surface area contributed by atoms with Gasteiger partial charge in [-0.1, -0.05) is 20.8 Å². The summed E-state index contributed by atoms with van der Waals surface area (Å²) in [5.74, 6) is 0. The second-order valence-corrected chi connectivity index (χ2v) is 5.76. The van der Waals surface area contributed by atoms with Gasteiger partial charge in [0.05, 0.1) is 0 Å². The third kappa shape index (κ3) is 3.36. The van der Waals surface area contributed by atoms with Crippen LogP contribution in [0.4, 0.5) is 0 Å². The van der Waals surface area contributed by atoms with Crippen LogP contribution in [0.3, 0.4) is 0 Å². The average Bonchev–Trinajstić information content (AvgIpc) is 2.36. The number of hydrogen-bond donors (Lipinski definition) is 1. The quantitative estimate of drug-likeness (QED) is 0.726. The first-order valence-corrected chi connectivity index (χ1v) is 6.05. The van der Waals surface area contributed by atoms with Gasteiger partial charge in [-0.05, 0) is 31.1 Å². The lowest BCUT2D eigenvalue weighted by Gasteiger charge is -2.13. The van der Waals surface area contributed by atoms with E-state index in [0.717, 1.165) is 23.1 Å². The molecule has 0 bridgehead atoms. The molecule has 2 heteroatoms. The molecule has 1 saturated carbocycles. The van der Waals surface area contributed by atoms with Gasteiger partial charge in [0, 0.05) is 11.3 Å². The van der Waals surface area contributed by atoms with Gasteiger partial charge in [-0.15, -0.1) is 0 Å². The molecule has 1 nitrogen and oxygen atoms in total. The van der Waals surface area contributed by atoms with Crippen LogP contribution < -0.4 is 5.32 Å². The number of nitrogens with one attached hydrogen (secondary N) is 1. The maximum atomic E-state index is 3.53. The minimum atomic E-state index is 0.801. The fraction of sp³-hybridized carbons (Fsp3) is 1.00. The van der Waals surface area contributed by atoms with Crippen molar-refractivity contribution >= 4 is 11.8 Å². The lowest BCUT2D eigenvalue weighted by molar-refractivity contribution is 0.543. The maximum Gasteiger partial charge on any atom is 0.00778 e. The van der Waals surface area contributed by atoms with Gasteiger partial charge >= 0.3 is 0 Å². The first-order valence-electron chi connectivity index (χ1n) is 5.11. The van der Waals surface area contributed by atoms with Gasteiger partial charge in [-0.2, -0.15) is 11.8 Å². The molecule has 1 fully saturated rings. The van der Waals surface area contributed by atoms with E-state index in [2.05, 4.69) is 37.8 Å². The van der Waals surface area contributed by atoms with Crippen LogP contribution in [0.15, 0.2) is 0 Å². The van der Waals surface area contributed by atoms with Crippen LogP contribution in [-0.2, 0) is 0 Å². The zero-order valence-corrected chi connectivity index (χ0v) is 9.29. The lowest BCUT2D eigenvalue weighted by atomic mass is 10.2. The molecule has 2 unspecified atom stereocenters. The van der Waals surface area contributed by atoms with Crippen LogP contribution >= 0.6 is 11.8 Å². The second-order valence-electron chi connectivity index (χ2n) is 3.87. The molecule has 12 heavy (non-hydrogen) atoms. The Labute approximate surface area is 80.7 Å². The number of hydrogen-bond acceptors (Lipinski definition) is 2. The second kappa shape index (κ2) is 5.13. The molecule has 2 atom stereocenters. The Morgan fingerprint density at radius 1 is 1.42 bits per heavy atom. The van der Waals surface area contributed by atoms with E-state index in [1.807, 2.05) is 0 Å². The van der Waals surface area contributed by atoms with E-state index < -0.39 is 0 Å². The van der Waals surface area contributed by atoms with E-state index in [9.17, 15) is 0 Å². The molecule has 0 aliphatic heterocycles. The van der Waals surface area contributed by atoms with E-state index in [0.29, 0.717) is 0 Å². The van der Waals surface area contributed by atoms with Gasteiger partial charge in [-0.25, -0.2) is 0 Å². The van der Waals surface area contributed by atoms with Crippen LogP contribution in [-0.4, -0.2) is 23.1 Å². The van der Waals surface area contributed by atoms with Gasteiger partial charge in [0.25, 0.3) is 0 Å². The summed E-state index contributed by atoms with van der Waals surface area (Å²) in [5.41, 5.74) is 0. The van der Waals surface area contributed by atoms with Crippen molar-refractivity contribution in [1.82, 2.24) is 5.32 Å². The van der Waals surface area contributed by atoms with Gasteiger partial charge < -0.3 is 5.32 Å². The fourth-order valence-corrected chi connectivity index (χ4v) is 3.31. The van der Waals surface area contributed by atoms with Gasteiger partial charge in [-0.3, -0.25) is 0 Å². The molecular weight excluding hydrogens is 166 g/mol. The number of rotatable bonds is 4. The van der Waals surface area contributed by atoms with Crippen molar-refractivity contribution in [2.24, 2.45) is 0 Å². The Morgan fingerprint density at radius 3 is 2.75 bits per heavy atom. The molecule has 0 aromatic carbocycles. The van der Waals surface area contributed by atoms with Gasteiger partial charge in [0.1, 0.15) is 0 Å². The summed E-state index contributed by atoms with van der Waals surface area (Å²) in [5, 5.41) is 5.26. The topological polar surface area (TPSA) is 12.0 Å². The standard InChI is InChI=1S/C10H21NS/c1-4-11-9-5-6-10(7-9)12-8(2)3/h8-11H,4-7H2,1-3H3. The fourth-order valence-electron chi connectivity index (χ4n) is 1.92. The van der Waals surface area contributed by atoms with Crippen LogP contribution in [0, 0.1) is 0 Å². The zero-order valence-electron chi connectivity index (χ0n) is 8.47. The van der Waals surface area contributed by atoms with Crippen molar-refractivity contribution in [1.29, 1.82) is 0 Å². The molecular formula is C10H21NS. The van der Waals surface area contributed by atoms with Gasteiger partial charge in [0.2, 0.25) is 0 Å². The molecule has 0 saturated heterocycles. The molecule has 0 heterocycles. The van der Waals surface area contributed by atoms with E-state index in [4.69, 9.17) is 0 Å². The molecule has 1 aliphatic carbocycles. The summed E-state index contributed by atoms with van der Waals surface area (Å²) < 4.78 is 0. The minimum absolute atomic E-state index is 0.801. The predicted octanol–water partition coefficient (Wildman–Crippen LogP) is 2.66. The third-order valence-corrected chi connectivity index (χ3v) is 3.70. The highest BCUT2D eigenvalue weighted by molar-refractivity contribution is 8.00. The van der Waals surface area contributed by atoms with E-state index in [1.165, 1.54) is 19.3 Å². The smallest absolute Gasteiger partial charge is 0.00778 e. The van der Waals surface area contributed by atoms with E-state index in [-0.39, 0.29) is 0 Å². The van der Waals surface area contributed by atoms with Crippen LogP contribution in [0.2, 0.25) is 0 Å². The molecule has 0 amide bonds. The summed E-state index contributed by atoms with van der Waals surface area (Å²) in [6.07, 6.45) is 4.19. The van der Waals surface area contributed by atoms with Gasteiger partial charge in [0.15, 0.2) is 0 Å². The SMILES string of the molecule is CCNC1CCC(SC(C)C)C1. The van der Waals surface area contributed by atoms with Crippen molar-refractivity contribution in [3.05, 3.63) is 0 Å². The Balaban J connectivity index is 2.16. The summed E-state index contributed by atoms with van der Waals surface area (Å²) in [6.45, 7) is 7.92. The van der Waals surface area contributed by atoms with Crippen molar-refractivity contribution in [2.75, 3.05) is 6.54 Å². The Morgan fingerprint density at radius 2 is 2.17 bits per heavy atom. The summed E-state index contributed by atoms with van der Waals surface area (Å²) in [6, 6.07) is 0.811. The first-order chi connectivity index (χ1) is 5.72. The highest BCUT2D eigenvalue weighted by atomic mass is 32.2. The highest BCUT2D eigenvalue weighted by Gasteiger charge is 2.24. The van der Waals surface area contributed by atoms with Crippen LogP contribution in [0.5, 0.6) is 0 Å². The molecule has 72 valence electrons. The summed E-state index contributed by atoms with van der Waals surface area (Å²) >= 11 is 2.15. The molecule has 0 aromatic rings. The molecule has 1 rings (SSSR count). The molecule has 0 aromatic heterocycles. The van der Waals surface area contributed by atoms with Crippen molar-refractivity contribution < 1.29 is 0 Å². The Kier molecular flexibility index (Phi) is 4.44. The minimum Gasteiger partial charge on any atom is -0.314 e. The van der Waals surface area contributed by atoms with Crippen molar-refractivity contribution in [2.45, 2.75) is 56.6 Å². The largest absolute Gasteiger partial charge is 0.314 e. The summed E-state index contributed by atoms with van der Waals surface area (Å²) in [7, 11) is 0. The average molecular weight is 187 g/mol. The summed E-state index contributed by atoms with van der Waals surface area (Å²) in [4.78, 5) is 0. The highest BCUT2D eigenvalue weighted by Crippen LogP contribution is 2.32. The first kappa shape index (κ1) is 10.4. The zero-order chi connectivity index (χ0) is 8.97. The van der Waals surface area contributed by atoms with Crippen LogP contribution in [0.25, 0.3) is 0 Å². The number of thioether (sulfide) groups is 1. The molecule has 0 radical (unpaired) electrons. The maximum absolute atomic E-state index is 3.53. The molecule has 1 N–H and O–H groups in total. The molecule has 1 aliphatic rings. The third-order valence-electron chi connectivity index (χ3n) is 2.34. The van der Waals surface area contributed by atoms with E-state index >= 15 is 0 Å². The Hall–Kier alpha value is 0.310. The van der Waals surface area contributed by atoms with E-state index in [1.54, 1.807) is 0 Å².